The van der Waals surface area contributed by atoms with Crippen molar-refractivity contribution in [2.24, 2.45) is 0 Å². The fourth-order valence-electron chi connectivity index (χ4n) is 1.86. The number of carbonyl (C=O) groups excluding carboxylic acids is 1. The number of anilines is 1. The zero-order chi connectivity index (χ0) is 14.5. The van der Waals surface area contributed by atoms with Crippen molar-refractivity contribution in [1.29, 1.82) is 0 Å². The fourth-order valence-corrected chi connectivity index (χ4v) is 2.33. The Bertz CT molecular complexity index is 601. The first-order chi connectivity index (χ1) is 9.56. The highest BCUT2D eigenvalue weighted by Gasteiger charge is 2.10. The van der Waals surface area contributed by atoms with Crippen LogP contribution in [-0.4, -0.2) is 11.0 Å². The highest BCUT2D eigenvalue weighted by molar-refractivity contribution is 9.10. The third-order valence-electron chi connectivity index (χ3n) is 2.99. The highest BCUT2D eigenvalue weighted by Crippen LogP contribution is 2.20. The van der Waals surface area contributed by atoms with E-state index in [0.29, 0.717) is 0 Å². The maximum absolute atomic E-state index is 12.0. The highest BCUT2D eigenvalue weighted by atomic mass is 79.9. The molecule has 2 N–H and O–H groups in total. The molecule has 0 aliphatic carbocycles. The van der Waals surface area contributed by atoms with E-state index in [0.717, 1.165) is 21.3 Å². The van der Waals surface area contributed by atoms with Gasteiger partial charge in [0.2, 0.25) is 0 Å². The molecule has 1 aromatic carbocycles. The Hall–Kier alpha value is -1.88. The van der Waals surface area contributed by atoms with Gasteiger partial charge < -0.3 is 10.6 Å². The number of nitrogens with zero attached hydrogens (tertiary/aromatic N) is 1. The second-order valence-corrected chi connectivity index (χ2v) is 5.48. The Morgan fingerprint density at radius 1 is 1.25 bits per heavy atom. The third-order valence-corrected chi connectivity index (χ3v) is 3.48. The van der Waals surface area contributed by atoms with Gasteiger partial charge in [0.25, 0.3) is 0 Å². The van der Waals surface area contributed by atoms with Crippen molar-refractivity contribution in [3.05, 3.63) is 58.3 Å². The number of halogens is 1. The van der Waals surface area contributed by atoms with E-state index in [2.05, 4.69) is 31.5 Å². The van der Waals surface area contributed by atoms with Gasteiger partial charge in [0.05, 0.1) is 6.04 Å². The Morgan fingerprint density at radius 2 is 1.95 bits per heavy atom. The molecule has 1 unspecified atom stereocenters. The van der Waals surface area contributed by atoms with E-state index in [1.54, 1.807) is 12.4 Å². The molecule has 0 aliphatic rings. The minimum Gasteiger partial charge on any atom is -0.331 e. The van der Waals surface area contributed by atoms with Crippen LogP contribution in [0.2, 0.25) is 0 Å². The monoisotopic (exact) mass is 333 g/mol. The standard InChI is InChI=1S/C15H16BrN3O/c1-10-9-13(16)3-4-14(10)19-15(20)18-11(2)12-5-7-17-8-6-12/h3-9,11H,1-2H3,(H2,18,19,20). The van der Waals surface area contributed by atoms with Gasteiger partial charge in [0.15, 0.2) is 0 Å². The van der Waals surface area contributed by atoms with Gasteiger partial charge in [-0.25, -0.2) is 4.79 Å². The lowest BCUT2D eigenvalue weighted by atomic mass is 10.1. The number of pyridine rings is 1. The second kappa shape index (κ2) is 6.52. The Kier molecular flexibility index (Phi) is 4.74. The first-order valence-electron chi connectivity index (χ1n) is 6.30. The summed E-state index contributed by atoms with van der Waals surface area (Å²) in [6.45, 7) is 3.88. The molecular weight excluding hydrogens is 318 g/mol. The topological polar surface area (TPSA) is 54.0 Å². The van der Waals surface area contributed by atoms with E-state index in [1.807, 2.05) is 44.2 Å². The van der Waals surface area contributed by atoms with Crippen molar-refractivity contribution in [3.8, 4) is 0 Å². The van der Waals surface area contributed by atoms with Gasteiger partial charge in [-0.2, -0.15) is 0 Å². The number of hydrogen-bond donors (Lipinski definition) is 2. The maximum atomic E-state index is 12.0. The average Bonchev–Trinajstić information content (AvgIpc) is 2.43. The van der Waals surface area contributed by atoms with Gasteiger partial charge >= 0.3 is 6.03 Å². The molecule has 0 radical (unpaired) electrons. The normalized spacial score (nSPS) is 11.8. The minimum atomic E-state index is -0.222. The van der Waals surface area contributed by atoms with Gasteiger partial charge in [0, 0.05) is 22.6 Å². The van der Waals surface area contributed by atoms with Crippen LogP contribution in [0.1, 0.15) is 24.1 Å². The number of urea groups is 1. The molecule has 0 saturated carbocycles. The summed E-state index contributed by atoms with van der Waals surface area (Å²) in [6, 6.07) is 9.20. The quantitative estimate of drug-likeness (QED) is 0.890. The molecule has 0 aliphatic heterocycles. The van der Waals surface area contributed by atoms with Gasteiger partial charge in [-0.15, -0.1) is 0 Å². The lowest BCUT2D eigenvalue weighted by molar-refractivity contribution is 0.249. The van der Waals surface area contributed by atoms with Crippen molar-refractivity contribution < 1.29 is 4.79 Å². The molecule has 2 rings (SSSR count). The summed E-state index contributed by atoms with van der Waals surface area (Å²) in [5.74, 6) is 0. The molecular formula is C15H16BrN3O. The van der Waals surface area contributed by atoms with Crippen molar-refractivity contribution >= 4 is 27.6 Å². The molecule has 0 saturated heterocycles. The number of amides is 2. The predicted molar refractivity (Wildman–Crippen MR) is 83.7 cm³/mol. The van der Waals surface area contributed by atoms with Crippen LogP contribution in [0, 0.1) is 6.92 Å². The number of benzene rings is 1. The summed E-state index contributed by atoms with van der Waals surface area (Å²) >= 11 is 3.40. The van der Waals surface area contributed by atoms with Crippen LogP contribution in [0.15, 0.2) is 47.2 Å². The Morgan fingerprint density at radius 3 is 2.60 bits per heavy atom. The SMILES string of the molecule is Cc1cc(Br)ccc1NC(=O)NC(C)c1ccncc1. The molecule has 1 heterocycles. The molecule has 0 fully saturated rings. The van der Waals surface area contributed by atoms with Crippen LogP contribution >= 0.6 is 15.9 Å². The fraction of sp³-hybridized carbons (Fsp3) is 0.200. The summed E-state index contributed by atoms with van der Waals surface area (Å²) in [6.07, 6.45) is 3.43. The number of rotatable bonds is 3. The van der Waals surface area contributed by atoms with E-state index in [-0.39, 0.29) is 12.1 Å². The van der Waals surface area contributed by atoms with Crippen molar-refractivity contribution in [2.75, 3.05) is 5.32 Å². The van der Waals surface area contributed by atoms with Crippen LogP contribution in [-0.2, 0) is 0 Å². The zero-order valence-electron chi connectivity index (χ0n) is 11.4. The lowest BCUT2D eigenvalue weighted by Gasteiger charge is -2.15. The third kappa shape index (κ3) is 3.81. The molecule has 2 amide bonds. The van der Waals surface area contributed by atoms with Crippen LogP contribution in [0.5, 0.6) is 0 Å². The van der Waals surface area contributed by atoms with Gasteiger partial charge in [-0.1, -0.05) is 15.9 Å². The number of aryl methyl sites for hydroxylation is 1. The van der Waals surface area contributed by atoms with Gasteiger partial charge in [-0.05, 0) is 55.3 Å². The molecule has 0 spiro atoms. The largest absolute Gasteiger partial charge is 0.331 e. The Balaban J connectivity index is 1.99. The van der Waals surface area contributed by atoms with Crippen LogP contribution < -0.4 is 10.6 Å². The molecule has 1 aromatic heterocycles. The van der Waals surface area contributed by atoms with Gasteiger partial charge in [0.1, 0.15) is 0 Å². The smallest absolute Gasteiger partial charge is 0.319 e. The molecule has 20 heavy (non-hydrogen) atoms. The molecule has 2 aromatic rings. The number of hydrogen-bond acceptors (Lipinski definition) is 2. The summed E-state index contributed by atoms with van der Waals surface area (Å²) in [7, 11) is 0. The van der Waals surface area contributed by atoms with Crippen LogP contribution in [0.4, 0.5) is 10.5 Å². The van der Waals surface area contributed by atoms with E-state index in [9.17, 15) is 4.79 Å². The summed E-state index contributed by atoms with van der Waals surface area (Å²) < 4.78 is 0.992. The van der Waals surface area contributed by atoms with Crippen LogP contribution in [0.25, 0.3) is 0 Å². The Labute approximate surface area is 126 Å². The number of nitrogens with one attached hydrogen (secondary N) is 2. The van der Waals surface area contributed by atoms with Crippen molar-refractivity contribution in [2.45, 2.75) is 19.9 Å². The zero-order valence-corrected chi connectivity index (χ0v) is 12.9. The van der Waals surface area contributed by atoms with Crippen molar-refractivity contribution in [1.82, 2.24) is 10.3 Å². The van der Waals surface area contributed by atoms with E-state index in [4.69, 9.17) is 0 Å². The molecule has 5 heteroatoms. The first kappa shape index (κ1) is 14.5. The van der Waals surface area contributed by atoms with Gasteiger partial charge in [-0.3, -0.25) is 4.98 Å². The first-order valence-corrected chi connectivity index (χ1v) is 7.09. The minimum absolute atomic E-state index is 0.0752. The molecule has 0 bridgehead atoms. The molecule has 1 atom stereocenters. The van der Waals surface area contributed by atoms with E-state index >= 15 is 0 Å². The summed E-state index contributed by atoms with van der Waals surface area (Å²) in [5.41, 5.74) is 2.82. The lowest BCUT2D eigenvalue weighted by Crippen LogP contribution is -2.31. The van der Waals surface area contributed by atoms with E-state index in [1.165, 1.54) is 0 Å². The van der Waals surface area contributed by atoms with Crippen molar-refractivity contribution in [3.63, 3.8) is 0 Å². The average molecular weight is 334 g/mol. The van der Waals surface area contributed by atoms with E-state index < -0.39 is 0 Å². The van der Waals surface area contributed by atoms with Crippen LogP contribution in [0.3, 0.4) is 0 Å². The molecule has 4 nitrogen and oxygen atoms in total. The predicted octanol–water partition coefficient (Wildman–Crippen LogP) is 4.04. The number of carbonyl (C=O) groups is 1. The summed E-state index contributed by atoms with van der Waals surface area (Å²) in [4.78, 5) is 15.9. The number of aromatic nitrogens is 1. The second-order valence-electron chi connectivity index (χ2n) is 4.56. The molecule has 104 valence electrons. The maximum Gasteiger partial charge on any atom is 0.319 e. The summed E-state index contributed by atoms with van der Waals surface area (Å²) in [5, 5.41) is 5.75.